The second-order valence-corrected chi connectivity index (χ2v) is 4.88. The molecule has 0 bridgehead atoms. The Labute approximate surface area is 117 Å². The molecule has 4 nitrogen and oxygen atoms in total. The molecule has 1 aromatic carbocycles. The van der Waals surface area contributed by atoms with Crippen molar-refractivity contribution in [3.8, 4) is 0 Å². The molecular weight excluding hydrogens is 250 g/mol. The Kier molecular flexibility index (Phi) is 3.54. The Morgan fingerprint density at radius 2 is 2.10 bits per heavy atom. The van der Waals surface area contributed by atoms with Crippen LogP contribution in [0.4, 0.5) is 0 Å². The van der Waals surface area contributed by atoms with E-state index in [9.17, 15) is 4.79 Å². The van der Waals surface area contributed by atoms with Gasteiger partial charge in [0.25, 0.3) is 0 Å². The van der Waals surface area contributed by atoms with Gasteiger partial charge in [-0.15, -0.1) is 0 Å². The topological polar surface area (TPSA) is 54.4 Å². The molecule has 1 N–H and O–H groups in total. The zero-order valence-electron chi connectivity index (χ0n) is 10.9. The SMILES string of the molecule is O=C(NN=Cc1cccnc1)[C@@H]1C[C@H]1c1ccccc1. The molecule has 20 heavy (non-hydrogen) atoms. The molecule has 1 fully saturated rings. The van der Waals surface area contributed by atoms with E-state index in [2.05, 4.69) is 27.6 Å². The molecule has 1 aliphatic carbocycles. The second-order valence-electron chi connectivity index (χ2n) is 4.88. The lowest BCUT2D eigenvalue weighted by atomic mass is 10.1. The maximum atomic E-state index is 11.9. The number of hydrogen-bond donors (Lipinski definition) is 1. The molecule has 1 saturated carbocycles. The van der Waals surface area contributed by atoms with E-state index in [4.69, 9.17) is 0 Å². The third-order valence-corrected chi connectivity index (χ3v) is 3.43. The van der Waals surface area contributed by atoms with E-state index in [0.717, 1.165) is 12.0 Å². The van der Waals surface area contributed by atoms with Crippen LogP contribution in [0.1, 0.15) is 23.5 Å². The molecular formula is C16H15N3O. The summed E-state index contributed by atoms with van der Waals surface area (Å²) >= 11 is 0. The summed E-state index contributed by atoms with van der Waals surface area (Å²) in [5.74, 6) is 0.368. The molecule has 3 rings (SSSR count). The van der Waals surface area contributed by atoms with Crippen molar-refractivity contribution in [2.45, 2.75) is 12.3 Å². The summed E-state index contributed by atoms with van der Waals surface area (Å²) in [6.45, 7) is 0. The van der Waals surface area contributed by atoms with E-state index in [1.54, 1.807) is 18.6 Å². The fourth-order valence-electron chi connectivity index (χ4n) is 2.26. The molecule has 1 aromatic heterocycles. The van der Waals surface area contributed by atoms with E-state index in [-0.39, 0.29) is 11.8 Å². The number of rotatable bonds is 4. The number of benzene rings is 1. The van der Waals surface area contributed by atoms with Crippen LogP contribution in [-0.2, 0) is 4.79 Å². The van der Waals surface area contributed by atoms with E-state index in [1.165, 1.54) is 5.56 Å². The van der Waals surface area contributed by atoms with Crippen molar-refractivity contribution in [2.24, 2.45) is 11.0 Å². The van der Waals surface area contributed by atoms with E-state index < -0.39 is 0 Å². The third kappa shape index (κ3) is 2.91. The van der Waals surface area contributed by atoms with Gasteiger partial charge < -0.3 is 0 Å². The van der Waals surface area contributed by atoms with Crippen molar-refractivity contribution in [3.63, 3.8) is 0 Å². The molecule has 0 saturated heterocycles. The summed E-state index contributed by atoms with van der Waals surface area (Å²) in [4.78, 5) is 15.9. The highest BCUT2D eigenvalue weighted by Gasteiger charge is 2.43. The third-order valence-electron chi connectivity index (χ3n) is 3.43. The lowest BCUT2D eigenvalue weighted by Gasteiger charge is -1.99. The smallest absolute Gasteiger partial charge is 0.243 e. The maximum absolute atomic E-state index is 11.9. The van der Waals surface area contributed by atoms with Gasteiger partial charge in [0.1, 0.15) is 0 Å². The molecule has 2 atom stereocenters. The highest BCUT2D eigenvalue weighted by molar-refractivity contribution is 5.85. The predicted octanol–water partition coefficient (Wildman–Crippen LogP) is 2.34. The zero-order chi connectivity index (χ0) is 13.8. The van der Waals surface area contributed by atoms with Crippen LogP contribution >= 0.6 is 0 Å². The van der Waals surface area contributed by atoms with Crippen LogP contribution in [0, 0.1) is 5.92 Å². The van der Waals surface area contributed by atoms with Gasteiger partial charge in [-0.25, -0.2) is 5.43 Å². The van der Waals surface area contributed by atoms with E-state index in [1.807, 2.05) is 30.3 Å². The minimum Gasteiger partial charge on any atom is -0.273 e. The lowest BCUT2D eigenvalue weighted by molar-refractivity contribution is -0.122. The largest absolute Gasteiger partial charge is 0.273 e. The molecule has 1 heterocycles. The number of hydrogen-bond acceptors (Lipinski definition) is 3. The molecule has 0 radical (unpaired) electrons. The van der Waals surface area contributed by atoms with Crippen LogP contribution in [0.15, 0.2) is 60.0 Å². The molecule has 1 amide bonds. The van der Waals surface area contributed by atoms with Crippen LogP contribution < -0.4 is 5.43 Å². The Bertz CT molecular complexity index is 610. The average Bonchev–Trinajstić information content (AvgIpc) is 3.30. The van der Waals surface area contributed by atoms with Crippen LogP contribution in [0.2, 0.25) is 0 Å². The fraction of sp³-hybridized carbons (Fsp3) is 0.188. The van der Waals surface area contributed by atoms with Crippen LogP contribution in [0.5, 0.6) is 0 Å². The number of carbonyl (C=O) groups excluding carboxylic acids is 1. The minimum absolute atomic E-state index is 0.0148. The van der Waals surface area contributed by atoms with E-state index in [0.29, 0.717) is 5.92 Å². The van der Waals surface area contributed by atoms with Gasteiger partial charge in [0.15, 0.2) is 0 Å². The first-order valence-electron chi connectivity index (χ1n) is 6.62. The van der Waals surface area contributed by atoms with Gasteiger partial charge in [-0.3, -0.25) is 9.78 Å². The molecule has 4 heteroatoms. The molecule has 100 valence electrons. The van der Waals surface area contributed by atoms with Crippen molar-refractivity contribution in [3.05, 3.63) is 66.0 Å². The van der Waals surface area contributed by atoms with Crippen molar-refractivity contribution in [1.82, 2.24) is 10.4 Å². The lowest BCUT2D eigenvalue weighted by Crippen LogP contribution is -2.20. The first-order chi connectivity index (χ1) is 9.84. The van der Waals surface area contributed by atoms with Gasteiger partial charge in [-0.2, -0.15) is 5.10 Å². The van der Waals surface area contributed by atoms with Crippen LogP contribution in [-0.4, -0.2) is 17.1 Å². The molecule has 0 spiro atoms. The van der Waals surface area contributed by atoms with Crippen molar-refractivity contribution in [2.75, 3.05) is 0 Å². The molecule has 0 aliphatic heterocycles. The summed E-state index contributed by atoms with van der Waals surface area (Å²) in [6.07, 6.45) is 5.90. The van der Waals surface area contributed by atoms with Crippen molar-refractivity contribution < 1.29 is 4.79 Å². The van der Waals surface area contributed by atoms with Gasteiger partial charge in [0.05, 0.1) is 6.21 Å². The van der Waals surface area contributed by atoms with Gasteiger partial charge >= 0.3 is 0 Å². The summed E-state index contributed by atoms with van der Waals surface area (Å²) in [6, 6.07) is 13.8. The van der Waals surface area contributed by atoms with Gasteiger partial charge in [-0.1, -0.05) is 36.4 Å². The van der Waals surface area contributed by atoms with Crippen LogP contribution in [0.25, 0.3) is 0 Å². The van der Waals surface area contributed by atoms with Gasteiger partial charge in [-0.05, 0) is 24.0 Å². The van der Waals surface area contributed by atoms with E-state index >= 15 is 0 Å². The molecule has 2 aromatic rings. The molecule has 0 unspecified atom stereocenters. The maximum Gasteiger partial charge on any atom is 0.243 e. The normalized spacial score (nSPS) is 20.8. The summed E-state index contributed by atoms with van der Waals surface area (Å²) < 4.78 is 0. The second kappa shape index (κ2) is 5.65. The Balaban J connectivity index is 1.53. The monoisotopic (exact) mass is 265 g/mol. The average molecular weight is 265 g/mol. The highest BCUT2D eigenvalue weighted by atomic mass is 16.2. The van der Waals surface area contributed by atoms with Crippen molar-refractivity contribution >= 4 is 12.1 Å². The number of nitrogens with one attached hydrogen (secondary N) is 1. The van der Waals surface area contributed by atoms with Crippen LogP contribution in [0.3, 0.4) is 0 Å². The number of amides is 1. The van der Waals surface area contributed by atoms with Crippen molar-refractivity contribution in [1.29, 1.82) is 0 Å². The first-order valence-corrected chi connectivity index (χ1v) is 6.62. The number of nitrogens with zero attached hydrogens (tertiary/aromatic N) is 2. The Hall–Kier alpha value is -2.49. The highest BCUT2D eigenvalue weighted by Crippen LogP contribution is 2.47. The summed E-state index contributed by atoms with van der Waals surface area (Å²) in [7, 11) is 0. The van der Waals surface area contributed by atoms with Gasteiger partial charge in [0.2, 0.25) is 5.91 Å². The summed E-state index contributed by atoms with van der Waals surface area (Å²) in [5.41, 5.74) is 4.69. The molecule has 1 aliphatic rings. The van der Waals surface area contributed by atoms with Gasteiger partial charge in [0, 0.05) is 23.9 Å². The number of hydrazone groups is 1. The first kappa shape index (κ1) is 12.5. The standard InChI is InChI=1S/C16H15N3O/c20-16(19-18-11-12-5-4-8-17-10-12)15-9-14(15)13-6-2-1-3-7-13/h1-8,10-11,14-15H,9H2,(H,19,20)/t14-,15+/m0/s1. The number of pyridine rings is 1. The predicted molar refractivity (Wildman–Crippen MR) is 77.3 cm³/mol. The quantitative estimate of drug-likeness (QED) is 0.681. The Morgan fingerprint density at radius 3 is 2.85 bits per heavy atom. The fourth-order valence-corrected chi connectivity index (χ4v) is 2.26. The zero-order valence-corrected chi connectivity index (χ0v) is 10.9. The number of aromatic nitrogens is 1. The minimum atomic E-state index is -0.0148. The number of carbonyl (C=O) groups is 1. The Morgan fingerprint density at radius 1 is 1.25 bits per heavy atom. The summed E-state index contributed by atoms with van der Waals surface area (Å²) in [5, 5.41) is 3.97.